The molecule has 0 aliphatic carbocycles. The molecular formula is C19H15Cl2NO3S. The maximum Gasteiger partial charge on any atom is 0.168 e. The molecule has 0 amide bonds. The van der Waals surface area contributed by atoms with E-state index in [0.29, 0.717) is 33.7 Å². The van der Waals surface area contributed by atoms with Gasteiger partial charge in [0.2, 0.25) is 0 Å². The van der Waals surface area contributed by atoms with E-state index in [-0.39, 0.29) is 4.90 Å². The number of anilines is 1. The lowest BCUT2D eigenvalue weighted by Crippen LogP contribution is -2.02. The van der Waals surface area contributed by atoms with Crippen LogP contribution < -0.4 is 10.1 Å². The molecule has 0 fully saturated rings. The fourth-order valence-electron chi connectivity index (χ4n) is 2.37. The highest BCUT2D eigenvalue weighted by molar-refractivity contribution is 7.72. The van der Waals surface area contributed by atoms with Gasteiger partial charge in [0.1, 0.15) is 11.5 Å². The van der Waals surface area contributed by atoms with Gasteiger partial charge in [-0.1, -0.05) is 41.4 Å². The molecule has 0 spiro atoms. The normalized spacial score (nSPS) is 10.7. The highest BCUT2D eigenvalue weighted by Crippen LogP contribution is 2.30. The summed E-state index contributed by atoms with van der Waals surface area (Å²) in [6.45, 7) is 0.348. The zero-order chi connectivity index (χ0) is 18.5. The quantitative estimate of drug-likeness (QED) is 0.539. The zero-order valence-electron chi connectivity index (χ0n) is 13.5. The molecule has 0 saturated heterocycles. The SMILES string of the molecule is O=[SH](=O)c1ccc(Oc2ccc(Cl)c(Cl)c2)cc1CNc1ccccc1. The maximum atomic E-state index is 11.5. The van der Waals surface area contributed by atoms with E-state index >= 15 is 0 Å². The third-order valence-electron chi connectivity index (χ3n) is 3.63. The van der Waals surface area contributed by atoms with Gasteiger partial charge in [-0.05, 0) is 48.0 Å². The molecule has 0 aliphatic rings. The third-order valence-corrected chi connectivity index (χ3v) is 5.20. The fourth-order valence-corrected chi connectivity index (χ4v) is 3.24. The maximum absolute atomic E-state index is 11.5. The Hall–Kier alpha value is -2.21. The molecule has 134 valence electrons. The highest BCUT2D eigenvalue weighted by atomic mass is 35.5. The first-order valence-electron chi connectivity index (χ1n) is 7.72. The second kappa shape index (κ2) is 8.45. The summed E-state index contributed by atoms with van der Waals surface area (Å²) in [4.78, 5) is 0.255. The minimum Gasteiger partial charge on any atom is -0.457 e. The Morgan fingerprint density at radius 2 is 1.54 bits per heavy atom. The number of ether oxygens (including phenoxy) is 1. The minimum absolute atomic E-state index is 0.255. The number of nitrogens with one attached hydrogen (secondary N) is 1. The van der Waals surface area contributed by atoms with Gasteiger partial charge >= 0.3 is 0 Å². The van der Waals surface area contributed by atoms with Crippen LogP contribution >= 0.6 is 23.2 Å². The predicted molar refractivity (Wildman–Crippen MR) is 105 cm³/mol. The largest absolute Gasteiger partial charge is 0.457 e. The molecule has 0 radical (unpaired) electrons. The Labute approximate surface area is 163 Å². The molecule has 0 heterocycles. The first-order valence-corrected chi connectivity index (χ1v) is 9.65. The van der Waals surface area contributed by atoms with Gasteiger partial charge in [-0.15, -0.1) is 0 Å². The van der Waals surface area contributed by atoms with Gasteiger partial charge in [-0.25, -0.2) is 8.42 Å². The lowest BCUT2D eigenvalue weighted by molar-refractivity contribution is 0.481. The first kappa shape index (κ1) is 18.6. The summed E-state index contributed by atoms with van der Waals surface area (Å²) < 4.78 is 28.8. The number of hydrogen-bond acceptors (Lipinski definition) is 4. The van der Waals surface area contributed by atoms with Crippen molar-refractivity contribution in [1.29, 1.82) is 0 Å². The molecule has 7 heteroatoms. The molecule has 0 bridgehead atoms. The monoisotopic (exact) mass is 407 g/mol. The zero-order valence-corrected chi connectivity index (χ0v) is 15.9. The van der Waals surface area contributed by atoms with Crippen molar-refractivity contribution in [2.75, 3.05) is 5.32 Å². The molecule has 0 aliphatic heterocycles. The van der Waals surface area contributed by atoms with Gasteiger partial charge in [-0.3, -0.25) is 0 Å². The van der Waals surface area contributed by atoms with Crippen LogP contribution in [0.2, 0.25) is 10.0 Å². The van der Waals surface area contributed by atoms with Crippen LogP contribution in [0, 0.1) is 0 Å². The molecule has 1 N–H and O–H groups in total. The third kappa shape index (κ3) is 4.69. The van der Waals surface area contributed by atoms with E-state index in [2.05, 4.69) is 5.32 Å². The number of benzene rings is 3. The molecule has 4 nitrogen and oxygen atoms in total. The van der Waals surface area contributed by atoms with E-state index in [1.54, 1.807) is 30.3 Å². The summed E-state index contributed by atoms with van der Waals surface area (Å²) in [5.74, 6) is 1.02. The molecule has 0 aromatic heterocycles. The van der Waals surface area contributed by atoms with Crippen molar-refractivity contribution in [2.24, 2.45) is 0 Å². The van der Waals surface area contributed by atoms with Crippen molar-refractivity contribution in [1.82, 2.24) is 0 Å². The van der Waals surface area contributed by atoms with Crippen molar-refractivity contribution in [3.63, 3.8) is 0 Å². The molecule has 3 rings (SSSR count). The Balaban J connectivity index is 1.84. The summed E-state index contributed by atoms with van der Waals surface area (Å²) in [7, 11) is -2.71. The van der Waals surface area contributed by atoms with Crippen LogP contribution in [0.15, 0.2) is 71.6 Å². The van der Waals surface area contributed by atoms with Gasteiger partial charge in [0.15, 0.2) is 10.7 Å². The summed E-state index contributed by atoms with van der Waals surface area (Å²) in [5, 5.41) is 4.02. The second-order valence-corrected chi connectivity index (χ2v) is 7.26. The van der Waals surface area contributed by atoms with Crippen LogP contribution in [0.1, 0.15) is 5.56 Å². The number of thiol groups is 1. The Morgan fingerprint density at radius 3 is 2.23 bits per heavy atom. The first-order chi connectivity index (χ1) is 12.5. The molecule has 3 aromatic carbocycles. The number of rotatable bonds is 6. The van der Waals surface area contributed by atoms with E-state index in [0.717, 1.165) is 5.69 Å². The average molecular weight is 408 g/mol. The number of para-hydroxylation sites is 1. The van der Waals surface area contributed by atoms with Crippen LogP contribution in [0.4, 0.5) is 5.69 Å². The number of hydrogen-bond donors (Lipinski definition) is 2. The Morgan fingerprint density at radius 1 is 0.846 bits per heavy atom. The summed E-state index contributed by atoms with van der Waals surface area (Å²) >= 11 is 11.9. The Kier molecular flexibility index (Phi) is 6.04. The van der Waals surface area contributed by atoms with Crippen LogP contribution in [0.3, 0.4) is 0 Å². The fraction of sp³-hybridized carbons (Fsp3) is 0.0526. The van der Waals surface area contributed by atoms with E-state index in [1.807, 2.05) is 30.3 Å². The predicted octanol–water partition coefficient (Wildman–Crippen LogP) is 5.37. The molecule has 3 aromatic rings. The van der Waals surface area contributed by atoms with Crippen LogP contribution in [0.25, 0.3) is 0 Å². The van der Waals surface area contributed by atoms with E-state index in [1.165, 1.54) is 6.07 Å². The smallest absolute Gasteiger partial charge is 0.168 e. The van der Waals surface area contributed by atoms with Gasteiger partial charge in [0, 0.05) is 18.3 Å². The van der Waals surface area contributed by atoms with Crippen molar-refractivity contribution < 1.29 is 13.2 Å². The second-order valence-electron chi connectivity index (χ2n) is 5.45. The van der Waals surface area contributed by atoms with Crippen molar-refractivity contribution in [2.45, 2.75) is 11.4 Å². The summed E-state index contributed by atoms with van der Waals surface area (Å²) in [6, 6.07) is 19.3. The van der Waals surface area contributed by atoms with E-state index in [9.17, 15) is 8.42 Å². The van der Waals surface area contributed by atoms with Gasteiger partial charge in [0.05, 0.1) is 14.9 Å². The van der Waals surface area contributed by atoms with E-state index in [4.69, 9.17) is 27.9 Å². The van der Waals surface area contributed by atoms with Gasteiger partial charge in [0.25, 0.3) is 0 Å². The van der Waals surface area contributed by atoms with Crippen LogP contribution in [0.5, 0.6) is 11.5 Å². The average Bonchev–Trinajstić information content (AvgIpc) is 2.64. The van der Waals surface area contributed by atoms with Crippen LogP contribution in [-0.4, -0.2) is 8.42 Å². The minimum atomic E-state index is -2.71. The molecule has 26 heavy (non-hydrogen) atoms. The van der Waals surface area contributed by atoms with Gasteiger partial charge in [-0.2, -0.15) is 0 Å². The van der Waals surface area contributed by atoms with Crippen molar-refractivity contribution in [3.8, 4) is 11.5 Å². The number of halogens is 2. The topological polar surface area (TPSA) is 55.4 Å². The van der Waals surface area contributed by atoms with E-state index < -0.39 is 10.7 Å². The summed E-state index contributed by atoms with van der Waals surface area (Å²) in [5.41, 5.74) is 1.51. The molecular weight excluding hydrogens is 393 g/mol. The highest BCUT2D eigenvalue weighted by Gasteiger charge is 2.09. The Bertz CT molecular complexity index is 983. The van der Waals surface area contributed by atoms with Crippen molar-refractivity contribution >= 4 is 39.6 Å². The lowest BCUT2D eigenvalue weighted by atomic mass is 10.2. The standard InChI is InChI=1S/C19H15Cl2NO3S/c20-17-8-6-16(11-18(17)21)25-15-7-9-19(26(23)24)13(10-15)12-22-14-4-2-1-3-5-14/h1-11,22,26H,12H2. The molecule has 0 unspecified atom stereocenters. The molecule has 0 atom stereocenters. The molecule has 0 saturated carbocycles. The van der Waals surface area contributed by atoms with Crippen LogP contribution in [-0.2, 0) is 17.2 Å². The van der Waals surface area contributed by atoms with Crippen molar-refractivity contribution in [3.05, 3.63) is 82.3 Å². The van der Waals surface area contributed by atoms with Gasteiger partial charge < -0.3 is 10.1 Å². The lowest BCUT2D eigenvalue weighted by Gasteiger charge is -2.12. The summed E-state index contributed by atoms with van der Waals surface area (Å²) in [6.07, 6.45) is 0.